The standard InChI is InChI=1S/C39H47ClN4O7/c1-25(41-36(47)50-22-32-30-13-8-6-11-28(30)29-12-7-9-14-31(29)32)34(45)42-33(23-49-5)35(46)43-39(21-26-15-17-27(40)18-16-26)19-10-20-44(24-39)37(48)51-38(2,3)4/h6-9,11-18,25,32-33H,10,19-24H2,1-5H3,(H,41,47)(H,42,45)(H,43,46)/t25-,33-,39+/m0/s1. The van der Waals surface area contributed by atoms with Gasteiger partial charge in [-0.3, -0.25) is 9.59 Å². The normalized spacial score (nSPS) is 18.1. The van der Waals surface area contributed by atoms with Crippen LogP contribution in [0.3, 0.4) is 0 Å². The highest BCUT2D eigenvalue weighted by atomic mass is 35.5. The van der Waals surface area contributed by atoms with Crippen LogP contribution in [0.2, 0.25) is 5.02 Å². The smallest absolute Gasteiger partial charge is 0.410 e. The molecule has 0 saturated carbocycles. The summed E-state index contributed by atoms with van der Waals surface area (Å²) in [7, 11) is 1.43. The molecule has 1 saturated heterocycles. The molecule has 12 heteroatoms. The molecule has 0 unspecified atom stereocenters. The number of fused-ring (bicyclic) bond motifs is 3. The molecule has 272 valence electrons. The number of rotatable bonds is 11. The van der Waals surface area contributed by atoms with Crippen molar-refractivity contribution in [1.29, 1.82) is 0 Å². The summed E-state index contributed by atoms with van der Waals surface area (Å²) in [5.74, 6) is -1.21. The van der Waals surface area contributed by atoms with Crippen molar-refractivity contribution < 1.29 is 33.4 Å². The molecule has 51 heavy (non-hydrogen) atoms. The molecule has 2 aliphatic rings. The van der Waals surface area contributed by atoms with Gasteiger partial charge in [0.25, 0.3) is 0 Å². The topological polar surface area (TPSA) is 135 Å². The van der Waals surface area contributed by atoms with E-state index in [1.165, 1.54) is 14.0 Å². The number of hydrogen-bond acceptors (Lipinski definition) is 7. The third-order valence-electron chi connectivity index (χ3n) is 9.11. The molecule has 3 atom stereocenters. The molecule has 4 amide bonds. The predicted octanol–water partition coefficient (Wildman–Crippen LogP) is 5.83. The van der Waals surface area contributed by atoms with Crippen LogP contribution < -0.4 is 16.0 Å². The van der Waals surface area contributed by atoms with Crippen molar-refractivity contribution in [3.05, 3.63) is 94.5 Å². The number of nitrogens with zero attached hydrogens (tertiary/aromatic N) is 1. The Morgan fingerprint density at radius 1 is 0.922 bits per heavy atom. The Bertz CT molecular complexity index is 1680. The fourth-order valence-electron chi connectivity index (χ4n) is 6.77. The van der Waals surface area contributed by atoms with Gasteiger partial charge in [-0.05, 0) is 86.9 Å². The maximum absolute atomic E-state index is 13.9. The van der Waals surface area contributed by atoms with Gasteiger partial charge in [0.05, 0.1) is 12.1 Å². The number of amides is 4. The first-order valence-corrected chi connectivity index (χ1v) is 17.6. The Morgan fingerprint density at radius 3 is 2.16 bits per heavy atom. The van der Waals surface area contributed by atoms with Gasteiger partial charge in [0.15, 0.2) is 0 Å². The highest BCUT2D eigenvalue weighted by Crippen LogP contribution is 2.44. The molecule has 1 heterocycles. The minimum absolute atomic E-state index is 0.0962. The van der Waals surface area contributed by atoms with Crippen LogP contribution in [0.1, 0.15) is 63.1 Å². The molecule has 3 aromatic rings. The number of methoxy groups -OCH3 is 1. The minimum Gasteiger partial charge on any atom is -0.449 e. The highest BCUT2D eigenvalue weighted by molar-refractivity contribution is 6.30. The summed E-state index contributed by atoms with van der Waals surface area (Å²) < 4.78 is 16.6. The van der Waals surface area contributed by atoms with E-state index < -0.39 is 47.2 Å². The average Bonchev–Trinajstić information content (AvgIpc) is 3.41. The van der Waals surface area contributed by atoms with Gasteiger partial charge >= 0.3 is 12.2 Å². The van der Waals surface area contributed by atoms with Gasteiger partial charge in [-0.15, -0.1) is 0 Å². The number of piperidine rings is 1. The maximum atomic E-state index is 13.9. The third kappa shape index (κ3) is 9.59. The number of nitrogens with one attached hydrogen (secondary N) is 3. The number of carbonyl (C=O) groups is 4. The van der Waals surface area contributed by atoms with E-state index in [-0.39, 0.29) is 25.7 Å². The van der Waals surface area contributed by atoms with Crippen molar-refractivity contribution in [3.8, 4) is 11.1 Å². The second-order valence-corrected chi connectivity index (χ2v) is 14.7. The Kier molecular flexibility index (Phi) is 11.9. The quantitative estimate of drug-likeness (QED) is 0.227. The lowest BCUT2D eigenvalue weighted by molar-refractivity contribution is -0.132. The number of likely N-dealkylation sites (tertiary alicyclic amines) is 1. The van der Waals surface area contributed by atoms with Gasteiger partial charge in [0.1, 0.15) is 24.3 Å². The van der Waals surface area contributed by atoms with E-state index in [0.717, 1.165) is 27.8 Å². The minimum atomic E-state index is -1.09. The molecule has 0 aromatic heterocycles. The molecule has 5 rings (SSSR count). The SMILES string of the molecule is COC[C@H](NC(=O)[C@H](C)NC(=O)OCC1c2ccccc2-c2ccccc21)C(=O)N[C@@]1(Cc2ccc(Cl)cc2)CCCN(C(=O)OC(C)(C)C)C1. The summed E-state index contributed by atoms with van der Waals surface area (Å²) in [6.07, 6.45) is 0.386. The highest BCUT2D eigenvalue weighted by Gasteiger charge is 2.41. The fourth-order valence-corrected chi connectivity index (χ4v) is 6.90. The van der Waals surface area contributed by atoms with E-state index in [9.17, 15) is 19.2 Å². The zero-order valence-electron chi connectivity index (χ0n) is 29.8. The van der Waals surface area contributed by atoms with Crippen molar-refractivity contribution in [1.82, 2.24) is 20.9 Å². The van der Waals surface area contributed by atoms with Gasteiger partial charge in [-0.1, -0.05) is 72.3 Å². The Morgan fingerprint density at radius 2 is 1.55 bits per heavy atom. The van der Waals surface area contributed by atoms with Crippen LogP contribution in [0.5, 0.6) is 0 Å². The number of hydrogen-bond donors (Lipinski definition) is 3. The number of halogens is 1. The van der Waals surface area contributed by atoms with E-state index in [2.05, 4.69) is 28.1 Å². The predicted molar refractivity (Wildman–Crippen MR) is 195 cm³/mol. The monoisotopic (exact) mass is 718 g/mol. The first-order valence-electron chi connectivity index (χ1n) is 17.2. The van der Waals surface area contributed by atoms with Crippen LogP contribution in [0.4, 0.5) is 9.59 Å². The molecule has 0 radical (unpaired) electrons. The van der Waals surface area contributed by atoms with Gasteiger partial charge in [-0.2, -0.15) is 0 Å². The van der Waals surface area contributed by atoms with Gasteiger partial charge in [0, 0.05) is 31.1 Å². The van der Waals surface area contributed by atoms with Crippen LogP contribution in [-0.2, 0) is 30.2 Å². The molecule has 0 spiro atoms. The van der Waals surface area contributed by atoms with Crippen molar-refractivity contribution >= 4 is 35.6 Å². The summed E-state index contributed by atoms with van der Waals surface area (Å²) in [5, 5.41) is 9.04. The lowest BCUT2D eigenvalue weighted by atomic mass is 9.82. The van der Waals surface area contributed by atoms with E-state index in [0.29, 0.717) is 30.8 Å². The number of alkyl carbamates (subject to hydrolysis) is 1. The molecule has 3 N–H and O–H groups in total. The van der Waals surface area contributed by atoms with Gasteiger partial charge in [-0.25, -0.2) is 9.59 Å². The largest absolute Gasteiger partial charge is 0.449 e. The summed E-state index contributed by atoms with van der Waals surface area (Å²) in [5.41, 5.74) is 3.73. The van der Waals surface area contributed by atoms with Crippen LogP contribution in [0, 0.1) is 0 Å². The summed E-state index contributed by atoms with van der Waals surface area (Å²) in [6.45, 7) is 7.58. The second kappa shape index (κ2) is 16.2. The molecule has 1 aliphatic heterocycles. The second-order valence-electron chi connectivity index (χ2n) is 14.3. The first-order chi connectivity index (χ1) is 24.3. The molecule has 3 aromatic carbocycles. The number of carbonyl (C=O) groups excluding carboxylic acids is 4. The van der Waals surface area contributed by atoms with Crippen LogP contribution >= 0.6 is 11.6 Å². The van der Waals surface area contributed by atoms with E-state index in [1.54, 1.807) is 37.8 Å². The van der Waals surface area contributed by atoms with Gasteiger partial charge in [0.2, 0.25) is 11.8 Å². The Balaban J connectivity index is 1.23. The zero-order chi connectivity index (χ0) is 36.8. The Labute approximate surface area is 304 Å². The van der Waals surface area contributed by atoms with E-state index in [1.807, 2.05) is 48.5 Å². The van der Waals surface area contributed by atoms with Crippen LogP contribution in [0.25, 0.3) is 11.1 Å². The third-order valence-corrected chi connectivity index (χ3v) is 9.36. The van der Waals surface area contributed by atoms with Crippen LogP contribution in [-0.4, -0.2) is 85.5 Å². The maximum Gasteiger partial charge on any atom is 0.410 e. The van der Waals surface area contributed by atoms with Crippen molar-refractivity contribution in [3.63, 3.8) is 0 Å². The molecular weight excluding hydrogens is 672 g/mol. The van der Waals surface area contributed by atoms with E-state index in [4.69, 9.17) is 25.8 Å². The molecule has 1 aliphatic carbocycles. The molecule has 0 bridgehead atoms. The van der Waals surface area contributed by atoms with Crippen molar-refractivity contribution in [2.24, 2.45) is 0 Å². The zero-order valence-corrected chi connectivity index (χ0v) is 30.5. The Hall–Kier alpha value is -4.61. The summed E-state index contributed by atoms with van der Waals surface area (Å²) in [6, 6.07) is 21.3. The van der Waals surface area contributed by atoms with Crippen LogP contribution in [0.15, 0.2) is 72.8 Å². The van der Waals surface area contributed by atoms with E-state index >= 15 is 0 Å². The lowest BCUT2D eigenvalue weighted by Crippen LogP contribution is -2.65. The average molecular weight is 719 g/mol. The number of ether oxygens (including phenoxy) is 3. The first kappa shape index (κ1) is 37.6. The fraction of sp³-hybridized carbons (Fsp3) is 0.436. The molecule has 11 nitrogen and oxygen atoms in total. The van der Waals surface area contributed by atoms with Gasteiger partial charge < -0.3 is 35.1 Å². The van der Waals surface area contributed by atoms with Crippen molar-refractivity contribution in [2.75, 3.05) is 33.4 Å². The summed E-state index contributed by atoms with van der Waals surface area (Å²) >= 11 is 6.14. The van der Waals surface area contributed by atoms with Crippen molar-refractivity contribution in [2.45, 2.75) is 76.1 Å². The summed E-state index contributed by atoms with van der Waals surface area (Å²) in [4.78, 5) is 54.8. The molecule has 1 fully saturated rings. The number of benzene rings is 3. The molecular formula is C39H47ClN4O7. The lowest BCUT2D eigenvalue weighted by Gasteiger charge is -2.44.